The number of nitrogens with two attached hydrogens (primary N) is 1. The molecule has 0 heterocycles. The number of halogens is 1. The minimum atomic E-state index is -0.172. The molecule has 0 spiro atoms. The van der Waals surface area contributed by atoms with E-state index in [-0.39, 0.29) is 5.82 Å². The van der Waals surface area contributed by atoms with Gasteiger partial charge in [0.2, 0.25) is 0 Å². The molecule has 88 valence electrons. The van der Waals surface area contributed by atoms with Gasteiger partial charge in [0.25, 0.3) is 0 Å². The van der Waals surface area contributed by atoms with Crippen molar-refractivity contribution in [3.63, 3.8) is 0 Å². The highest BCUT2D eigenvalue weighted by molar-refractivity contribution is 5.28. The Kier molecular flexibility index (Phi) is 3.89. The van der Waals surface area contributed by atoms with Crippen LogP contribution in [0.25, 0.3) is 0 Å². The quantitative estimate of drug-likeness (QED) is 0.856. The van der Waals surface area contributed by atoms with Gasteiger partial charge in [-0.3, -0.25) is 0 Å². The maximum Gasteiger partial charge on any atom is 0.123 e. The highest BCUT2D eigenvalue weighted by Crippen LogP contribution is 2.12. The first-order valence-corrected chi connectivity index (χ1v) is 5.81. The molecule has 0 amide bonds. The smallest absolute Gasteiger partial charge is 0.123 e. The van der Waals surface area contributed by atoms with E-state index in [0.29, 0.717) is 6.54 Å². The highest BCUT2D eigenvalue weighted by Gasteiger charge is 2.01. The van der Waals surface area contributed by atoms with Crippen LogP contribution in [0.4, 0.5) is 4.39 Å². The van der Waals surface area contributed by atoms with E-state index in [0.717, 1.165) is 18.4 Å². The van der Waals surface area contributed by atoms with E-state index in [1.54, 1.807) is 12.1 Å². The van der Waals surface area contributed by atoms with Gasteiger partial charge in [-0.25, -0.2) is 4.39 Å². The Bertz CT molecular complexity index is 494. The van der Waals surface area contributed by atoms with Crippen LogP contribution in [0.3, 0.4) is 0 Å². The molecule has 0 aromatic heterocycles. The molecule has 0 radical (unpaired) electrons. The van der Waals surface area contributed by atoms with Crippen LogP contribution in [-0.4, -0.2) is 0 Å². The van der Waals surface area contributed by atoms with E-state index in [4.69, 9.17) is 5.73 Å². The summed E-state index contributed by atoms with van der Waals surface area (Å²) in [5.41, 5.74) is 9.13. The molecule has 0 fully saturated rings. The van der Waals surface area contributed by atoms with E-state index in [2.05, 4.69) is 6.07 Å². The van der Waals surface area contributed by atoms with Gasteiger partial charge in [0.05, 0.1) is 0 Å². The van der Waals surface area contributed by atoms with Crippen LogP contribution in [0.5, 0.6) is 0 Å². The van der Waals surface area contributed by atoms with Crippen molar-refractivity contribution in [1.82, 2.24) is 0 Å². The van der Waals surface area contributed by atoms with E-state index in [1.807, 2.05) is 24.3 Å². The Morgan fingerprint density at radius 3 is 2.35 bits per heavy atom. The first-order valence-electron chi connectivity index (χ1n) is 5.81. The third-order valence-electron chi connectivity index (χ3n) is 2.91. The Hall–Kier alpha value is -1.67. The van der Waals surface area contributed by atoms with Gasteiger partial charge in [0, 0.05) is 6.54 Å². The zero-order valence-electron chi connectivity index (χ0n) is 9.70. The second-order valence-corrected chi connectivity index (χ2v) is 4.10. The number of aryl methyl sites for hydroxylation is 2. The van der Waals surface area contributed by atoms with Crippen LogP contribution in [0.2, 0.25) is 0 Å². The summed E-state index contributed by atoms with van der Waals surface area (Å²) < 4.78 is 13.0. The molecule has 17 heavy (non-hydrogen) atoms. The molecule has 1 nitrogen and oxygen atoms in total. The van der Waals surface area contributed by atoms with Crippen molar-refractivity contribution in [2.45, 2.75) is 19.4 Å². The monoisotopic (exact) mass is 229 g/mol. The van der Waals surface area contributed by atoms with Crippen LogP contribution in [0.15, 0.2) is 48.5 Å². The molecule has 0 saturated carbocycles. The lowest BCUT2D eigenvalue weighted by Gasteiger charge is -2.07. The lowest BCUT2D eigenvalue weighted by atomic mass is 10.00. The van der Waals surface area contributed by atoms with E-state index < -0.39 is 0 Å². The Morgan fingerprint density at radius 1 is 0.882 bits per heavy atom. The summed E-state index contributed by atoms with van der Waals surface area (Å²) in [4.78, 5) is 0. The Labute approximate surface area is 101 Å². The van der Waals surface area contributed by atoms with Crippen molar-refractivity contribution in [2.75, 3.05) is 0 Å². The summed E-state index contributed by atoms with van der Waals surface area (Å²) in [6.45, 7) is 0.555. The summed E-state index contributed by atoms with van der Waals surface area (Å²) in [5, 5.41) is 0. The van der Waals surface area contributed by atoms with E-state index in [9.17, 15) is 4.39 Å². The zero-order chi connectivity index (χ0) is 12.1. The first kappa shape index (κ1) is 11.8. The summed E-state index contributed by atoms with van der Waals surface area (Å²) >= 11 is 0. The maximum atomic E-state index is 13.0. The van der Waals surface area contributed by atoms with Crippen LogP contribution in [-0.2, 0) is 19.4 Å². The third kappa shape index (κ3) is 3.14. The molecule has 2 heteroatoms. The van der Waals surface area contributed by atoms with Crippen LogP contribution < -0.4 is 5.73 Å². The molecule has 0 unspecified atom stereocenters. The maximum absolute atomic E-state index is 13.0. The van der Waals surface area contributed by atoms with Crippen molar-refractivity contribution >= 4 is 0 Å². The fourth-order valence-electron chi connectivity index (χ4n) is 1.97. The van der Waals surface area contributed by atoms with E-state index in [1.165, 1.54) is 17.2 Å². The molecule has 2 aromatic carbocycles. The molecule has 0 bridgehead atoms. The minimum Gasteiger partial charge on any atom is -0.326 e. The van der Waals surface area contributed by atoms with Crippen LogP contribution >= 0.6 is 0 Å². The topological polar surface area (TPSA) is 26.0 Å². The minimum absolute atomic E-state index is 0.172. The van der Waals surface area contributed by atoms with Crippen LogP contribution in [0.1, 0.15) is 16.7 Å². The molecule has 0 aliphatic carbocycles. The molecule has 2 N–H and O–H groups in total. The number of hydrogen-bond donors (Lipinski definition) is 1. The highest BCUT2D eigenvalue weighted by atomic mass is 19.1. The van der Waals surface area contributed by atoms with Gasteiger partial charge < -0.3 is 5.73 Å². The van der Waals surface area contributed by atoms with E-state index >= 15 is 0 Å². The fraction of sp³-hybridized carbons (Fsp3) is 0.200. The normalized spacial score (nSPS) is 10.5. The van der Waals surface area contributed by atoms with Crippen molar-refractivity contribution in [3.05, 3.63) is 71.0 Å². The van der Waals surface area contributed by atoms with Gasteiger partial charge in [-0.05, 0) is 41.7 Å². The van der Waals surface area contributed by atoms with Gasteiger partial charge in [-0.1, -0.05) is 36.4 Å². The summed E-state index contributed by atoms with van der Waals surface area (Å²) in [7, 11) is 0. The zero-order valence-corrected chi connectivity index (χ0v) is 9.70. The Morgan fingerprint density at radius 2 is 1.65 bits per heavy atom. The molecule has 0 aliphatic rings. The summed E-state index contributed by atoms with van der Waals surface area (Å²) in [5.74, 6) is -0.172. The largest absolute Gasteiger partial charge is 0.326 e. The molecule has 0 aliphatic heterocycles. The van der Waals surface area contributed by atoms with Crippen molar-refractivity contribution in [2.24, 2.45) is 5.73 Å². The molecular weight excluding hydrogens is 213 g/mol. The second kappa shape index (κ2) is 5.60. The first-order chi connectivity index (χ1) is 8.29. The molecule has 2 rings (SSSR count). The third-order valence-corrected chi connectivity index (χ3v) is 2.91. The SMILES string of the molecule is NCc1ccccc1CCc1cccc(F)c1. The Balaban J connectivity index is 2.07. The summed E-state index contributed by atoms with van der Waals surface area (Å²) in [6, 6.07) is 14.9. The van der Waals surface area contributed by atoms with Crippen molar-refractivity contribution in [3.8, 4) is 0 Å². The number of benzene rings is 2. The molecule has 0 atom stereocenters. The number of hydrogen-bond acceptors (Lipinski definition) is 1. The average Bonchev–Trinajstić information content (AvgIpc) is 2.37. The number of rotatable bonds is 4. The second-order valence-electron chi connectivity index (χ2n) is 4.10. The van der Waals surface area contributed by atoms with Crippen LogP contribution in [0, 0.1) is 5.82 Å². The van der Waals surface area contributed by atoms with Gasteiger partial charge >= 0.3 is 0 Å². The predicted octanol–water partition coefficient (Wildman–Crippen LogP) is 3.07. The standard InChI is InChI=1S/C15H16FN/c16-15-7-3-4-12(10-15)8-9-13-5-1-2-6-14(13)11-17/h1-7,10H,8-9,11,17H2. The van der Waals surface area contributed by atoms with Crippen molar-refractivity contribution < 1.29 is 4.39 Å². The van der Waals surface area contributed by atoms with Gasteiger partial charge in [-0.15, -0.1) is 0 Å². The summed E-state index contributed by atoms with van der Waals surface area (Å²) in [6.07, 6.45) is 1.74. The van der Waals surface area contributed by atoms with Gasteiger partial charge in [0.15, 0.2) is 0 Å². The molecule has 2 aromatic rings. The fourth-order valence-corrected chi connectivity index (χ4v) is 1.97. The van der Waals surface area contributed by atoms with Gasteiger partial charge in [0.1, 0.15) is 5.82 Å². The molecule has 0 saturated heterocycles. The lowest BCUT2D eigenvalue weighted by Crippen LogP contribution is -2.02. The molecular formula is C15H16FN. The average molecular weight is 229 g/mol. The predicted molar refractivity (Wildman–Crippen MR) is 68.1 cm³/mol. The van der Waals surface area contributed by atoms with Gasteiger partial charge in [-0.2, -0.15) is 0 Å². The van der Waals surface area contributed by atoms with Crippen molar-refractivity contribution in [1.29, 1.82) is 0 Å². The lowest BCUT2D eigenvalue weighted by molar-refractivity contribution is 0.625.